The van der Waals surface area contributed by atoms with Crippen LogP contribution in [0.15, 0.2) is 18.2 Å². The van der Waals surface area contributed by atoms with Gasteiger partial charge >= 0.3 is 0 Å². The van der Waals surface area contributed by atoms with Gasteiger partial charge in [-0.3, -0.25) is 14.9 Å². The zero-order valence-electron chi connectivity index (χ0n) is 11.2. The molecule has 1 aromatic carbocycles. The molecule has 1 amide bonds. The highest BCUT2D eigenvalue weighted by Crippen LogP contribution is 2.27. The van der Waals surface area contributed by atoms with Crippen molar-refractivity contribution in [1.29, 1.82) is 0 Å². The van der Waals surface area contributed by atoms with E-state index in [2.05, 4.69) is 5.32 Å². The van der Waals surface area contributed by atoms with E-state index in [0.29, 0.717) is 13.0 Å². The van der Waals surface area contributed by atoms with Crippen LogP contribution in [-0.2, 0) is 4.79 Å². The summed E-state index contributed by atoms with van der Waals surface area (Å²) in [5.41, 5.74) is 5.25. The van der Waals surface area contributed by atoms with Crippen molar-refractivity contribution < 1.29 is 14.8 Å². The number of unbranched alkanes of at least 4 members (excludes halogenated alkanes) is 3. The molecule has 0 aliphatic rings. The van der Waals surface area contributed by atoms with Crippen molar-refractivity contribution in [1.82, 2.24) is 0 Å². The lowest BCUT2D eigenvalue weighted by Crippen LogP contribution is -2.11. The Morgan fingerprint density at radius 1 is 1.30 bits per heavy atom. The van der Waals surface area contributed by atoms with Crippen molar-refractivity contribution in [3.05, 3.63) is 28.3 Å². The molecule has 0 bridgehead atoms. The molecule has 0 radical (unpaired) electrons. The predicted octanol–water partition coefficient (Wildman–Crippen LogP) is 2.15. The third-order valence-electron chi connectivity index (χ3n) is 2.82. The molecule has 7 heteroatoms. The first kappa shape index (κ1) is 15.9. The highest BCUT2D eigenvalue weighted by Gasteiger charge is 2.12. The second-order valence-electron chi connectivity index (χ2n) is 4.46. The number of nitrogens with two attached hydrogens (primary N) is 1. The highest BCUT2D eigenvalue weighted by atomic mass is 16.6. The molecule has 0 spiro atoms. The van der Waals surface area contributed by atoms with Crippen molar-refractivity contribution in [2.75, 3.05) is 11.9 Å². The van der Waals surface area contributed by atoms with Gasteiger partial charge in [0.2, 0.25) is 5.91 Å². The maximum atomic E-state index is 11.7. The van der Waals surface area contributed by atoms with Crippen LogP contribution in [-0.4, -0.2) is 22.5 Å². The van der Waals surface area contributed by atoms with Gasteiger partial charge in [0.25, 0.3) is 5.69 Å². The molecule has 0 saturated heterocycles. The fourth-order valence-electron chi connectivity index (χ4n) is 1.73. The average Bonchev–Trinajstić information content (AvgIpc) is 2.40. The normalized spacial score (nSPS) is 10.2. The largest absolute Gasteiger partial charge is 0.506 e. The van der Waals surface area contributed by atoms with E-state index >= 15 is 0 Å². The number of nitro benzene ring substituents is 1. The smallest absolute Gasteiger partial charge is 0.271 e. The molecule has 4 N–H and O–H groups in total. The van der Waals surface area contributed by atoms with Crippen molar-refractivity contribution in [2.45, 2.75) is 32.1 Å². The molecular formula is C13H19N3O4. The monoisotopic (exact) mass is 281 g/mol. The number of nitro groups is 1. The Balaban J connectivity index is 2.49. The molecule has 20 heavy (non-hydrogen) atoms. The number of carbonyl (C=O) groups is 1. The van der Waals surface area contributed by atoms with Gasteiger partial charge in [0, 0.05) is 18.6 Å². The van der Waals surface area contributed by atoms with Crippen LogP contribution >= 0.6 is 0 Å². The summed E-state index contributed by atoms with van der Waals surface area (Å²) >= 11 is 0. The Morgan fingerprint density at radius 3 is 2.65 bits per heavy atom. The van der Waals surface area contributed by atoms with Crippen LogP contribution in [0.25, 0.3) is 0 Å². The highest BCUT2D eigenvalue weighted by molar-refractivity contribution is 5.92. The number of rotatable bonds is 8. The number of hydrogen-bond acceptors (Lipinski definition) is 5. The minimum Gasteiger partial charge on any atom is -0.506 e. The quantitative estimate of drug-likeness (QED) is 0.292. The van der Waals surface area contributed by atoms with Gasteiger partial charge in [-0.1, -0.05) is 12.8 Å². The second kappa shape index (κ2) is 8.11. The minimum atomic E-state index is -0.581. The molecule has 110 valence electrons. The molecule has 0 saturated carbocycles. The molecule has 7 nitrogen and oxygen atoms in total. The number of aromatic hydroxyl groups is 1. The number of non-ortho nitro benzene ring substituents is 1. The molecule has 0 heterocycles. The van der Waals surface area contributed by atoms with Crippen LogP contribution < -0.4 is 11.1 Å². The number of nitrogens with one attached hydrogen (secondary N) is 1. The summed E-state index contributed by atoms with van der Waals surface area (Å²) in [4.78, 5) is 21.7. The molecule has 0 aliphatic carbocycles. The summed E-state index contributed by atoms with van der Waals surface area (Å²) in [6, 6.07) is 3.51. The van der Waals surface area contributed by atoms with E-state index in [4.69, 9.17) is 5.73 Å². The average molecular weight is 281 g/mol. The zero-order chi connectivity index (χ0) is 15.0. The standard InChI is InChI=1S/C13H19N3O4/c14-8-4-2-1-3-5-13(18)15-11-9-10(16(19)20)6-7-12(11)17/h6-7,9,17H,1-5,8,14H2,(H,15,18). The van der Waals surface area contributed by atoms with Crippen molar-refractivity contribution >= 4 is 17.3 Å². The van der Waals surface area contributed by atoms with Crippen LogP contribution in [0.4, 0.5) is 11.4 Å². The van der Waals surface area contributed by atoms with Crippen LogP contribution in [0.3, 0.4) is 0 Å². The van der Waals surface area contributed by atoms with Crippen LogP contribution in [0.1, 0.15) is 32.1 Å². The first-order valence-electron chi connectivity index (χ1n) is 6.52. The van der Waals surface area contributed by atoms with Gasteiger partial charge in [-0.05, 0) is 25.5 Å². The molecule has 1 aromatic rings. The number of anilines is 1. The Morgan fingerprint density at radius 2 is 2.00 bits per heavy atom. The molecule has 1 rings (SSSR count). The predicted molar refractivity (Wildman–Crippen MR) is 75.5 cm³/mol. The Labute approximate surface area is 116 Å². The lowest BCUT2D eigenvalue weighted by atomic mass is 10.1. The summed E-state index contributed by atoms with van der Waals surface area (Å²) < 4.78 is 0. The van der Waals surface area contributed by atoms with Crippen molar-refractivity contribution in [3.63, 3.8) is 0 Å². The fraction of sp³-hybridized carbons (Fsp3) is 0.462. The second-order valence-corrected chi connectivity index (χ2v) is 4.46. The Kier molecular flexibility index (Phi) is 6.45. The molecule has 0 atom stereocenters. The first-order valence-corrected chi connectivity index (χ1v) is 6.52. The maximum Gasteiger partial charge on any atom is 0.271 e. The summed E-state index contributed by atoms with van der Waals surface area (Å²) in [6.07, 6.45) is 3.86. The van der Waals surface area contributed by atoms with E-state index in [1.807, 2.05) is 0 Å². The number of amides is 1. The summed E-state index contributed by atoms with van der Waals surface area (Å²) in [5.74, 6) is -0.458. The van der Waals surface area contributed by atoms with E-state index in [1.54, 1.807) is 0 Å². The maximum absolute atomic E-state index is 11.7. The van der Waals surface area contributed by atoms with Crippen LogP contribution in [0.2, 0.25) is 0 Å². The third-order valence-corrected chi connectivity index (χ3v) is 2.82. The van der Waals surface area contributed by atoms with Gasteiger partial charge in [-0.15, -0.1) is 0 Å². The number of carbonyl (C=O) groups excluding carboxylic acids is 1. The number of phenolic OH excluding ortho intramolecular Hbond substituents is 1. The lowest BCUT2D eigenvalue weighted by Gasteiger charge is -2.07. The first-order chi connectivity index (χ1) is 9.54. The third kappa shape index (κ3) is 5.23. The van der Waals surface area contributed by atoms with Crippen molar-refractivity contribution in [3.8, 4) is 5.75 Å². The van der Waals surface area contributed by atoms with Gasteiger partial charge in [0.1, 0.15) is 5.75 Å². The summed E-state index contributed by atoms with van der Waals surface area (Å²) in [6.45, 7) is 0.647. The molecule has 0 aromatic heterocycles. The van der Waals surface area contributed by atoms with Gasteiger partial charge in [0.05, 0.1) is 10.6 Å². The molecular weight excluding hydrogens is 262 g/mol. The summed E-state index contributed by atoms with van der Waals surface area (Å²) in [7, 11) is 0. The van der Waals surface area contributed by atoms with E-state index in [-0.39, 0.29) is 23.0 Å². The minimum absolute atomic E-state index is 0.0613. The van der Waals surface area contributed by atoms with Gasteiger partial charge < -0.3 is 16.2 Å². The fourth-order valence-corrected chi connectivity index (χ4v) is 1.73. The lowest BCUT2D eigenvalue weighted by molar-refractivity contribution is -0.384. The van der Waals surface area contributed by atoms with Gasteiger partial charge in [0.15, 0.2) is 0 Å². The van der Waals surface area contributed by atoms with E-state index in [0.717, 1.165) is 31.7 Å². The number of hydrogen-bond donors (Lipinski definition) is 3. The Bertz CT molecular complexity index is 477. The van der Waals surface area contributed by atoms with E-state index in [1.165, 1.54) is 12.1 Å². The van der Waals surface area contributed by atoms with Gasteiger partial charge in [-0.25, -0.2) is 0 Å². The number of benzene rings is 1. The Hall–Kier alpha value is -2.15. The van der Waals surface area contributed by atoms with Gasteiger partial charge in [-0.2, -0.15) is 0 Å². The number of nitrogens with zero attached hydrogens (tertiary/aromatic N) is 1. The topological polar surface area (TPSA) is 118 Å². The van der Waals surface area contributed by atoms with E-state index < -0.39 is 4.92 Å². The zero-order valence-corrected chi connectivity index (χ0v) is 11.2. The number of phenols is 1. The van der Waals surface area contributed by atoms with Crippen molar-refractivity contribution in [2.24, 2.45) is 5.73 Å². The molecule has 0 aliphatic heterocycles. The van der Waals surface area contributed by atoms with Crippen LogP contribution in [0.5, 0.6) is 5.75 Å². The van der Waals surface area contributed by atoms with E-state index in [9.17, 15) is 20.0 Å². The van der Waals surface area contributed by atoms with Crippen LogP contribution in [0, 0.1) is 10.1 Å². The molecule has 0 unspecified atom stereocenters. The summed E-state index contributed by atoms with van der Waals surface area (Å²) in [5, 5.41) is 22.7. The SMILES string of the molecule is NCCCCCCC(=O)Nc1cc([N+](=O)[O-])ccc1O. The molecule has 0 fully saturated rings.